The van der Waals surface area contributed by atoms with E-state index in [9.17, 15) is 0 Å². The fourth-order valence-corrected chi connectivity index (χ4v) is 3.70. The zero-order valence-corrected chi connectivity index (χ0v) is 18.6. The van der Waals surface area contributed by atoms with Crippen LogP contribution in [0.2, 0.25) is 0 Å². The van der Waals surface area contributed by atoms with E-state index in [0.29, 0.717) is 5.92 Å². The summed E-state index contributed by atoms with van der Waals surface area (Å²) >= 11 is 5.32. The summed E-state index contributed by atoms with van der Waals surface area (Å²) < 4.78 is 3.23. The Morgan fingerprint density at radius 3 is 2.78 bits per heavy atom. The monoisotopic (exact) mass is 510 g/mol. The van der Waals surface area contributed by atoms with E-state index >= 15 is 0 Å². The predicted octanol–water partition coefficient (Wildman–Crippen LogP) is 4.28. The van der Waals surface area contributed by atoms with Crippen molar-refractivity contribution in [1.29, 1.82) is 0 Å². The minimum absolute atomic E-state index is 0. The summed E-state index contributed by atoms with van der Waals surface area (Å²) in [6, 6.07) is 6.42. The molecule has 0 aliphatic heterocycles. The van der Waals surface area contributed by atoms with Crippen molar-refractivity contribution in [2.75, 3.05) is 20.6 Å². The van der Waals surface area contributed by atoms with Crippen molar-refractivity contribution in [3.63, 3.8) is 0 Å². The van der Waals surface area contributed by atoms with E-state index in [0.717, 1.165) is 23.5 Å². The molecule has 1 N–H and O–H groups in total. The number of guanidine groups is 1. The molecular weight excluding hydrogens is 487 g/mol. The van der Waals surface area contributed by atoms with Gasteiger partial charge in [-0.3, -0.25) is 4.99 Å². The lowest BCUT2D eigenvalue weighted by Crippen LogP contribution is -2.40. The summed E-state index contributed by atoms with van der Waals surface area (Å²) in [6.07, 6.45) is 2.07. The highest BCUT2D eigenvalue weighted by atomic mass is 127. The fourth-order valence-electron chi connectivity index (χ4n) is 2.34. The number of aryl methyl sites for hydroxylation is 1. The molecule has 0 radical (unpaired) electrons. The highest BCUT2D eigenvalue weighted by molar-refractivity contribution is 14.0. The first-order valence-electron chi connectivity index (χ1n) is 7.27. The molecule has 1 unspecified atom stereocenters. The maximum absolute atomic E-state index is 4.39. The molecular formula is C16H24BrIN4S. The Labute approximate surface area is 168 Å². The lowest BCUT2D eigenvalue weighted by molar-refractivity contribution is 0.459. The summed E-state index contributed by atoms with van der Waals surface area (Å²) in [5.41, 5.74) is 1.24. The highest BCUT2D eigenvalue weighted by Gasteiger charge is 2.12. The molecule has 23 heavy (non-hydrogen) atoms. The maximum Gasteiger partial charge on any atom is 0.193 e. The molecule has 0 amide bonds. The number of nitrogens with zero attached hydrogens (tertiary/aromatic N) is 3. The van der Waals surface area contributed by atoms with E-state index in [1.807, 2.05) is 7.05 Å². The van der Waals surface area contributed by atoms with Gasteiger partial charge in [-0.25, -0.2) is 0 Å². The third-order valence-corrected chi connectivity index (χ3v) is 5.18. The van der Waals surface area contributed by atoms with Crippen molar-refractivity contribution in [1.82, 2.24) is 14.8 Å². The Balaban J connectivity index is 0.00000264. The van der Waals surface area contributed by atoms with Crippen molar-refractivity contribution >= 4 is 57.2 Å². The van der Waals surface area contributed by atoms with Crippen molar-refractivity contribution in [2.24, 2.45) is 12.0 Å². The molecule has 2 aromatic heterocycles. The van der Waals surface area contributed by atoms with Crippen LogP contribution in [0, 0.1) is 0 Å². The van der Waals surface area contributed by atoms with Gasteiger partial charge in [0.1, 0.15) is 0 Å². The van der Waals surface area contributed by atoms with E-state index in [1.54, 1.807) is 11.3 Å². The Morgan fingerprint density at radius 1 is 1.52 bits per heavy atom. The van der Waals surface area contributed by atoms with Crippen molar-refractivity contribution in [3.8, 4) is 0 Å². The first-order chi connectivity index (χ1) is 10.5. The minimum atomic E-state index is 0. The van der Waals surface area contributed by atoms with Gasteiger partial charge in [-0.15, -0.1) is 35.3 Å². The van der Waals surface area contributed by atoms with Crippen molar-refractivity contribution < 1.29 is 0 Å². The molecule has 0 aromatic carbocycles. The van der Waals surface area contributed by atoms with Crippen molar-refractivity contribution in [3.05, 3.63) is 44.8 Å². The van der Waals surface area contributed by atoms with Gasteiger partial charge in [0.2, 0.25) is 0 Å². The van der Waals surface area contributed by atoms with Gasteiger partial charge in [-0.05, 0) is 33.4 Å². The van der Waals surface area contributed by atoms with Crippen LogP contribution in [0.5, 0.6) is 0 Å². The molecule has 0 aliphatic rings. The second-order valence-electron chi connectivity index (χ2n) is 5.46. The zero-order valence-electron chi connectivity index (χ0n) is 13.9. The van der Waals surface area contributed by atoms with Crippen LogP contribution in [-0.4, -0.2) is 36.1 Å². The second kappa shape index (κ2) is 9.68. The lowest BCUT2D eigenvalue weighted by Gasteiger charge is -2.23. The van der Waals surface area contributed by atoms with Gasteiger partial charge in [0.05, 0.1) is 6.54 Å². The zero-order chi connectivity index (χ0) is 16.1. The van der Waals surface area contributed by atoms with E-state index in [2.05, 4.69) is 86.5 Å². The van der Waals surface area contributed by atoms with Gasteiger partial charge in [0, 0.05) is 54.8 Å². The highest BCUT2D eigenvalue weighted by Crippen LogP contribution is 2.20. The van der Waals surface area contributed by atoms with Gasteiger partial charge < -0.3 is 14.8 Å². The molecule has 7 heteroatoms. The molecule has 128 valence electrons. The Bertz CT molecular complexity index is 624. The normalized spacial score (nSPS) is 12.7. The second-order valence-corrected chi connectivity index (χ2v) is 7.36. The predicted molar refractivity (Wildman–Crippen MR) is 114 cm³/mol. The smallest absolute Gasteiger partial charge is 0.193 e. The number of halogens is 2. The van der Waals surface area contributed by atoms with E-state index < -0.39 is 0 Å². The number of thiophene rings is 1. The number of aromatic nitrogens is 1. The van der Waals surface area contributed by atoms with Gasteiger partial charge in [-0.1, -0.05) is 13.0 Å². The third kappa shape index (κ3) is 5.79. The van der Waals surface area contributed by atoms with Crippen LogP contribution in [-0.2, 0) is 13.6 Å². The average Bonchev–Trinajstić information content (AvgIpc) is 3.10. The number of rotatable bonds is 5. The molecule has 1 atom stereocenters. The van der Waals surface area contributed by atoms with E-state index in [-0.39, 0.29) is 24.0 Å². The summed E-state index contributed by atoms with van der Waals surface area (Å²) in [4.78, 5) is 7.93. The molecule has 0 saturated carbocycles. The van der Waals surface area contributed by atoms with E-state index in [4.69, 9.17) is 0 Å². The van der Waals surface area contributed by atoms with Crippen LogP contribution in [0.25, 0.3) is 0 Å². The third-order valence-electron chi connectivity index (χ3n) is 3.64. The van der Waals surface area contributed by atoms with Crippen LogP contribution < -0.4 is 5.32 Å². The summed E-state index contributed by atoms with van der Waals surface area (Å²) in [7, 11) is 5.95. The van der Waals surface area contributed by atoms with Gasteiger partial charge >= 0.3 is 0 Å². The van der Waals surface area contributed by atoms with Crippen LogP contribution in [0.15, 0.2) is 39.2 Å². The number of aliphatic imine (C=N–C) groups is 1. The first kappa shape index (κ1) is 20.5. The van der Waals surface area contributed by atoms with Crippen molar-refractivity contribution in [2.45, 2.75) is 19.4 Å². The fraction of sp³-hybridized carbons (Fsp3) is 0.438. The molecule has 0 bridgehead atoms. The molecule has 4 nitrogen and oxygen atoms in total. The average molecular weight is 511 g/mol. The molecule has 0 saturated heterocycles. The molecule has 2 aromatic rings. The molecule has 2 heterocycles. The molecule has 2 rings (SSSR count). The summed E-state index contributed by atoms with van der Waals surface area (Å²) in [5, 5.41) is 5.59. The molecule has 0 spiro atoms. The Morgan fingerprint density at radius 2 is 2.26 bits per heavy atom. The van der Waals surface area contributed by atoms with E-state index in [1.165, 1.54) is 10.6 Å². The molecule has 0 aliphatic carbocycles. The quantitative estimate of drug-likeness (QED) is 0.370. The van der Waals surface area contributed by atoms with Gasteiger partial charge in [-0.2, -0.15) is 0 Å². The van der Waals surface area contributed by atoms with Gasteiger partial charge in [0.25, 0.3) is 0 Å². The van der Waals surface area contributed by atoms with Crippen LogP contribution in [0.1, 0.15) is 23.4 Å². The van der Waals surface area contributed by atoms with Gasteiger partial charge in [0.15, 0.2) is 5.96 Å². The maximum atomic E-state index is 4.39. The lowest BCUT2D eigenvalue weighted by atomic mass is 10.1. The number of hydrogen-bond acceptors (Lipinski definition) is 2. The SMILES string of the molecule is CN=C(NCC(C)c1cccs1)N(C)Cc1cc(Br)cn1C.I. The largest absolute Gasteiger partial charge is 0.356 e. The molecule has 0 fully saturated rings. The topological polar surface area (TPSA) is 32.6 Å². The van der Waals surface area contributed by atoms with Crippen LogP contribution in [0.3, 0.4) is 0 Å². The Hall–Kier alpha value is -0.540. The summed E-state index contributed by atoms with van der Waals surface area (Å²) in [5.74, 6) is 1.40. The Kier molecular flexibility index (Phi) is 8.63. The number of hydrogen-bond donors (Lipinski definition) is 1. The standard InChI is InChI=1S/C16H23BrN4S.HI/c1-12(15-6-5-7-22-15)9-19-16(18-2)21(4)11-14-8-13(17)10-20(14)3;/h5-8,10,12H,9,11H2,1-4H3,(H,18,19);1H. The first-order valence-corrected chi connectivity index (χ1v) is 8.94. The minimum Gasteiger partial charge on any atom is -0.356 e. The van der Waals surface area contributed by atoms with Crippen LogP contribution >= 0.6 is 51.2 Å². The summed E-state index contributed by atoms with van der Waals surface area (Å²) in [6.45, 7) is 3.93. The van der Waals surface area contributed by atoms with Crippen LogP contribution in [0.4, 0.5) is 0 Å². The number of nitrogens with one attached hydrogen (secondary N) is 1.